The van der Waals surface area contributed by atoms with Crippen LogP contribution in [0.5, 0.6) is 0 Å². The first kappa shape index (κ1) is 14.8. The third-order valence-corrected chi connectivity index (χ3v) is 2.09. The van der Waals surface area contributed by atoms with Crippen LogP contribution in [0.3, 0.4) is 0 Å². The second-order valence-corrected chi connectivity index (χ2v) is 5.23. The molecule has 0 aromatic heterocycles. The van der Waals surface area contributed by atoms with E-state index in [-0.39, 0.29) is 18.0 Å². The van der Waals surface area contributed by atoms with Gasteiger partial charge in [-0.1, -0.05) is 0 Å². The third kappa shape index (κ3) is 6.30. The van der Waals surface area contributed by atoms with E-state index in [0.717, 1.165) is 0 Å². The molecule has 1 rings (SSSR count). The first-order chi connectivity index (χ1) is 8.76. The van der Waals surface area contributed by atoms with E-state index in [1.165, 1.54) is 0 Å². The van der Waals surface area contributed by atoms with Gasteiger partial charge in [0, 0.05) is 16.9 Å². The van der Waals surface area contributed by atoms with Crippen molar-refractivity contribution in [2.75, 3.05) is 17.6 Å². The topological polar surface area (TPSA) is 96.2 Å². The van der Waals surface area contributed by atoms with E-state index < -0.39 is 6.03 Å². The van der Waals surface area contributed by atoms with Gasteiger partial charge in [-0.05, 0) is 45.0 Å². The number of hydrogen-bond acceptors (Lipinski definition) is 3. The number of carbonyl (C=O) groups is 2. The van der Waals surface area contributed by atoms with Crippen LogP contribution < -0.4 is 21.7 Å². The van der Waals surface area contributed by atoms with Crippen LogP contribution in [0.25, 0.3) is 0 Å². The van der Waals surface area contributed by atoms with Crippen molar-refractivity contribution in [3.8, 4) is 0 Å². The molecule has 0 aliphatic carbocycles. The molecule has 0 aliphatic heterocycles. The first-order valence-corrected chi connectivity index (χ1v) is 5.98. The first-order valence-electron chi connectivity index (χ1n) is 5.98. The second-order valence-electron chi connectivity index (χ2n) is 5.23. The molecule has 6 heteroatoms. The summed E-state index contributed by atoms with van der Waals surface area (Å²) in [5.74, 6) is -0.236. The lowest BCUT2D eigenvalue weighted by molar-refractivity contribution is -0.121. The third-order valence-electron chi connectivity index (χ3n) is 2.09. The molecule has 5 N–H and O–H groups in total. The molecule has 0 heterocycles. The van der Waals surface area contributed by atoms with Crippen molar-refractivity contribution in [3.63, 3.8) is 0 Å². The highest BCUT2D eigenvalue weighted by molar-refractivity contribution is 5.92. The van der Waals surface area contributed by atoms with E-state index in [9.17, 15) is 9.59 Å². The summed E-state index contributed by atoms with van der Waals surface area (Å²) in [5, 5.41) is 7.82. The molecule has 0 radical (unpaired) electrons. The van der Waals surface area contributed by atoms with E-state index in [1.54, 1.807) is 24.3 Å². The molecule has 0 bridgehead atoms. The van der Waals surface area contributed by atoms with Crippen molar-refractivity contribution < 1.29 is 9.59 Å². The van der Waals surface area contributed by atoms with E-state index >= 15 is 0 Å². The number of amides is 3. The van der Waals surface area contributed by atoms with Gasteiger partial charge in [-0.2, -0.15) is 0 Å². The molecule has 0 atom stereocenters. The fourth-order valence-electron chi connectivity index (χ4n) is 1.36. The Kier molecular flexibility index (Phi) is 4.74. The number of benzene rings is 1. The summed E-state index contributed by atoms with van der Waals surface area (Å²) in [5.41, 5.74) is 6.45. The van der Waals surface area contributed by atoms with Crippen molar-refractivity contribution in [3.05, 3.63) is 24.3 Å². The fraction of sp³-hybridized carbons (Fsp3) is 0.385. The van der Waals surface area contributed by atoms with E-state index in [0.29, 0.717) is 11.4 Å². The van der Waals surface area contributed by atoms with Gasteiger partial charge >= 0.3 is 6.03 Å². The van der Waals surface area contributed by atoms with Crippen LogP contribution in [0.1, 0.15) is 20.8 Å². The van der Waals surface area contributed by atoms with Crippen molar-refractivity contribution in [1.82, 2.24) is 10.6 Å². The molecule has 19 heavy (non-hydrogen) atoms. The number of nitrogens with one attached hydrogen (secondary N) is 3. The van der Waals surface area contributed by atoms with Crippen LogP contribution in [-0.2, 0) is 4.79 Å². The minimum atomic E-state index is -0.436. The average molecular weight is 264 g/mol. The van der Waals surface area contributed by atoms with Crippen LogP contribution in [0.15, 0.2) is 24.3 Å². The molecule has 0 aliphatic rings. The van der Waals surface area contributed by atoms with Crippen LogP contribution >= 0.6 is 0 Å². The lowest BCUT2D eigenvalue weighted by atomic mass is 10.1. The Morgan fingerprint density at radius 1 is 1.16 bits per heavy atom. The zero-order chi connectivity index (χ0) is 14.5. The molecular weight excluding hydrogens is 244 g/mol. The van der Waals surface area contributed by atoms with Gasteiger partial charge in [0.1, 0.15) is 0 Å². The van der Waals surface area contributed by atoms with Crippen molar-refractivity contribution in [2.24, 2.45) is 0 Å². The quantitative estimate of drug-likeness (QED) is 0.620. The predicted octanol–water partition coefficient (Wildman–Crippen LogP) is 1.30. The maximum absolute atomic E-state index is 11.5. The Labute approximate surface area is 112 Å². The summed E-state index contributed by atoms with van der Waals surface area (Å²) < 4.78 is 0. The van der Waals surface area contributed by atoms with E-state index in [1.807, 2.05) is 20.8 Å². The Bertz CT molecular complexity index is 449. The van der Waals surface area contributed by atoms with Gasteiger partial charge in [-0.25, -0.2) is 4.79 Å². The number of carbonyl (C=O) groups excluding carboxylic acids is 2. The normalized spacial score (nSPS) is 10.7. The van der Waals surface area contributed by atoms with Gasteiger partial charge in [-0.3, -0.25) is 4.79 Å². The van der Waals surface area contributed by atoms with Crippen LogP contribution in [0.4, 0.5) is 16.2 Å². The molecular formula is C13H20N4O2. The standard InChI is InChI=1S/C13H20N4O2/c1-13(2,3)17-11(18)8-15-12(19)16-10-6-4-9(14)5-7-10/h4-7H,8,14H2,1-3H3,(H,17,18)(H2,15,16,19). The summed E-state index contributed by atoms with van der Waals surface area (Å²) in [4.78, 5) is 23.0. The molecule has 1 aromatic rings. The predicted molar refractivity (Wildman–Crippen MR) is 75.8 cm³/mol. The minimum Gasteiger partial charge on any atom is -0.399 e. The summed E-state index contributed by atoms with van der Waals surface area (Å²) >= 11 is 0. The van der Waals surface area contributed by atoms with Crippen LogP contribution in [0, 0.1) is 0 Å². The van der Waals surface area contributed by atoms with Gasteiger partial charge < -0.3 is 21.7 Å². The van der Waals surface area contributed by atoms with Crippen LogP contribution in [0.2, 0.25) is 0 Å². The van der Waals surface area contributed by atoms with Crippen molar-refractivity contribution in [1.29, 1.82) is 0 Å². The maximum atomic E-state index is 11.5. The number of nitrogens with two attached hydrogens (primary N) is 1. The lowest BCUT2D eigenvalue weighted by Crippen LogP contribution is -2.46. The van der Waals surface area contributed by atoms with E-state index in [4.69, 9.17) is 5.73 Å². The molecule has 0 saturated heterocycles. The average Bonchev–Trinajstić information content (AvgIpc) is 2.27. The number of hydrogen-bond donors (Lipinski definition) is 4. The van der Waals surface area contributed by atoms with Gasteiger partial charge in [0.25, 0.3) is 0 Å². The smallest absolute Gasteiger partial charge is 0.319 e. The lowest BCUT2D eigenvalue weighted by Gasteiger charge is -2.20. The summed E-state index contributed by atoms with van der Waals surface area (Å²) in [7, 11) is 0. The number of urea groups is 1. The number of nitrogen functional groups attached to an aromatic ring is 1. The Balaban J connectivity index is 2.36. The molecule has 0 spiro atoms. The van der Waals surface area contributed by atoms with Crippen molar-refractivity contribution >= 4 is 23.3 Å². The summed E-state index contributed by atoms with van der Waals surface area (Å²) in [6.45, 7) is 5.55. The highest BCUT2D eigenvalue weighted by Crippen LogP contribution is 2.09. The second kappa shape index (κ2) is 6.08. The zero-order valence-electron chi connectivity index (χ0n) is 11.4. The Morgan fingerprint density at radius 3 is 2.26 bits per heavy atom. The molecule has 104 valence electrons. The zero-order valence-corrected chi connectivity index (χ0v) is 11.4. The number of anilines is 2. The van der Waals surface area contributed by atoms with Crippen LogP contribution in [-0.4, -0.2) is 24.0 Å². The highest BCUT2D eigenvalue weighted by atomic mass is 16.2. The van der Waals surface area contributed by atoms with Gasteiger partial charge in [0.2, 0.25) is 5.91 Å². The molecule has 1 aromatic carbocycles. The summed E-state index contributed by atoms with van der Waals surface area (Å²) in [6.07, 6.45) is 0. The molecule has 0 unspecified atom stereocenters. The molecule has 0 saturated carbocycles. The molecule has 6 nitrogen and oxygen atoms in total. The molecule has 0 fully saturated rings. The Hall–Kier alpha value is -2.24. The van der Waals surface area contributed by atoms with Gasteiger partial charge in [0.15, 0.2) is 0 Å². The largest absolute Gasteiger partial charge is 0.399 e. The SMILES string of the molecule is CC(C)(C)NC(=O)CNC(=O)Nc1ccc(N)cc1. The summed E-state index contributed by atoms with van der Waals surface area (Å²) in [6, 6.07) is 6.30. The number of rotatable bonds is 3. The minimum absolute atomic E-state index is 0.0714. The molecule has 3 amide bonds. The van der Waals surface area contributed by atoms with E-state index in [2.05, 4.69) is 16.0 Å². The monoisotopic (exact) mass is 264 g/mol. The van der Waals surface area contributed by atoms with Gasteiger partial charge in [0.05, 0.1) is 6.54 Å². The highest BCUT2D eigenvalue weighted by Gasteiger charge is 2.14. The maximum Gasteiger partial charge on any atom is 0.319 e. The Morgan fingerprint density at radius 2 is 1.74 bits per heavy atom. The van der Waals surface area contributed by atoms with Crippen molar-refractivity contribution in [2.45, 2.75) is 26.3 Å². The van der Waals surface area contributed by atoms with Gasteiger partial charge in [-0.15, -0.1) is 0 Å². The fourth-order valence-corrected chi connectivity index (χ4v) is 1.36.